The van der Waals surface area contributed by atoms with Gasteiger partial charge in [-0.1, -0.05) is 0 Å². The summed E-state index contributed by atoms with van der Waals surface area (Å²) in [5, 5.41) is 4.15. The lowest BCUT2D eigenvalue weighted by atomic mass is 10.3. The molecule has 0 N–H and O–H groups in total. The largest absolute Gasteiger partial charge is 0.296 e. The Morgan fingerprint density at radius 3 is 3.15 bits per heavy atom. The number of nitrogens with zero attached hydrogens (tertiary/aromatic N) is 3. The van der Waals surface area contributed by atoms with Crippen LogP contribution in [-0.4, -0.2) is 26.9 Å². The second-order valence-electron chi connectivity index (χ2n) is 2.83. The zero-order valence-electron chi connectivity index (χ0n) is 6.81. The van der Waals surface area contributed by atoms with Gasteiger partial charge in [0.25, 0.3) is 0 Å². The summed E-state index contributed by atoms with van der Waals surface area (Å²) in [7, 11) is 1.70. The van der Waals surface area contributed by atoms with E-state index in [0.717, 1.165) is 31.6 Å². The van der Waals surface area contributed by atoms with Crippen molar-refractivity contribution in [1.82, 2.24) is 14.1 Å². The van der Waals surface area contributed by atoms with E-state index in [1.54, 1.807) is 9.12 Å². The summed E-state index contributed by atoms with van der Waals surface area (Å²) in [6, 6.07) is 1.85. The molecular weight excluding hydrogens is 301 g/mol. The minimum atomic E-state index is 0.537. The Morgan fingerprint density at radius 1 is 1.62 bits per heavy atom. The zero-order valence-corrected chi connectivity index (χ0v) is 9.79. The molecule has 4 nitrogen and oxygen atoms in total. The van der Waals surface area contributed by atoms with Gasteiger partial charge in [-0.25, -0.2) is 4.31 Å². The van der Waals surface area contributed by atoms with E-state index in [4.69, 9.17) is 0 Å². The number of hydrogen-bond acceptors (Lipinski definition) is 4. The van der Waals surface area contributed by atoms with E-state index >= 15 is 0 Å². The Kier molecular flexibility index (Phi) is 2.89. The monoisotopic (exact) mass is 309 g/mol. The predicted octanol–water partition coefficient (Wildman–Crippen LogP) is 1.51. The highest BCUT2D eigenvalue weighted by molar-refractivity contribution is 14.2. The van der Waals surface area contributed by atoms with E-state index in [1.165, 1.54) is 0 Å². The standard InChI is InChI=1S/C7H8IN3OS/c8-13-10-1-2-11-7(4-10)3-6(5-12)9-11/h3,5H,1-2,4H2. The topological polar surface area (TPSA) is 38.1 Å². The van der Waals surface area contributed by atoms with Crippen molar-refractivity contribution in [2.75, 3.05) is 6.54 Å². The Bertz CT molecular complexity index is 328. The van der Waals surface area contributed by atoms with Crippen LogP contribution in [0, 0.1) is 0 Å². The smallest absolute Gasteiger partial charge is 0.170 e. The molecule has 0 aromatic carbocycles. The molecule has 1 aromatic heterocycles. The molecule has 0 radical (unpaired) electrons. The first kappa shape index (κ1) is 9.47. The SMILES string of the molecule is O=Cc1cc2n(n1)CCN(SI)C2. The first-order valence-electron chi connectivity index (χ1n) is 3.89. The summed E-state index contributed by atoms with van der Waals surface area (Å²) in [4.78, 5) is 10.5. The number of carbonyl (C=O) groups is 1. The Labute approximate surface area is 92.4 Å². The van der Waals surface area contributed by atoms with Crippen LogP contribution in [0.5, 0.6) is 0 Å². The van der Waals surface area contributed by atoms with E-state index in [2.05, 4.69) is 30.6 Å². The second kappa shape index (κ2) is 3.97. The number of hydrogen-bond donors (Lipinski definition) is 0. The molecule has 0 aliphatic carbocycles. The predicted molar refractivity (Wildman–Crippen MR) is 59.6 cm³/mol. The van der Waals surface area contributed by atoms with Crippen molar-refractivity contribution in [1.29, 1.82) is 0 Å². The molecule has 1 aliphatic heterocycles. The normalized spacial score (nSPS) is 17.0. The van der Waals surface area contributed by atoms with Crippen molar-refractivity contribution < 1.29 is 4.79 Å². The molecule has 1 aliphatic rings. The Balaban J connectivity index is 2.24. The molecule has 2 heterocycles. The quantitative estimate of drug-likeness (QED) is 0.471. The van der Waals surface area contributed by atoms with Crippen LogP contribution in [0.3, 0.4) is 0 Å². The third-order valence-corrected chi connectivity index (χ3v) is 4.18. The fourth-order valence-corrected chi connectivity index (χ4v) is 2.72. The number of fused-ring (bicyclic) bond motifs is 1. The molecule has 6 heteroatoms. The van der Waals surface area contributed by atoms with Crippen molar-refractivity contribution in [3.05, 3.63) is 17.5 Å². The van der Waals surface area contributed by atoms with Crippen LogP contribution in [0.4, 0.5) is 0 Å². The van der Waals surface area contributed by atoms with E-state index in [9.17, 15) is 4.79 Å². The Hall–Kier alpha value is -0.0800. The summed E-state index contributed by atoms with van der Waals surface area (Å²) in [5.74, 6) is 0. The summed E-state index contributed by atoms with van der Waals surface area (Å²) in [6.07, 6.45) is 0.798. The Morgan fingerprint density at radius 2 is 2.46 bits per heavy atom. The maximum absolute atomic E-state index is 10.5. The summed E-state index contributed by atoms with van der Waals surface area (Å²) < 4.78 is 4.15. The van der Waals surface area contributed by atoms with Crippen molar-refractivity contribution in [2.24, 2.45) is 0 Å². The van der Waals surface area contributed by atoms with Crippen LogP contribution in [0.2, 0.25) is 0 Å². The highest BCUT2D eigenvalue weighted by Crippen LogP contribution is 2.24. The first-order valence-corrected chi connectivity index (χ1v) is 7.20. The molecule has 0 fully saturated rings. The molecule has 0 unspecified atom stereocenters. The molecule has 0 spiro atoms. The maximum Gasteiger partial charge on any atom is 0.170 e. The molecule has 1 aromatic rings. The molecule has 0 bridgehead atoms. The molecule has 0 atom stereocenters. The van der Waals surface area contributed by atoms with Crippen molar-refractivity contribution >= 4 is 36.6 Å². The van der Waals surface area contributed by atoms with Crippen LogP contribution in [0.15, 0.2) is 6.07 Å². The minimum Gasteiger partial charge on any atom is -0.296 e. The second-order valence-corrected chi connectivity index (χ2v) is 4.67. The van der Waals surface area contributed by atoms with Gasteiger partial charge in [0.2, 0.25) is 0 Å². The lowest BCUT2D eigenvalue weighted by Gasteiger charge is -2.23. The van der Waals surface area contributed by atoms with Crippen LogP contribution >= 0.6 is 30.3 Å². The third kappa shape index (κ3) is 1.89. The van der Waals surface area contributed by atoms with Crippen LogP contribution in [-0.2, 0) is 13.1 Å². The van der Waals surface area contributed by atoms with Gasteiger partial charge in [-0.15, -0.1) is 0 Å². The lowest BCUT2D eigenvalue weighted by Crippen LogP contribution is -2.27. The van der Waals surface area contributed by atoms with Crippen molar-refractivity contribution in [3.63, 3.8) is 0 Å². The van der Waals surface area contributed by atoms with Gasteiger partial charge in [0, 0.05) is 27.8 Å². The summed E-state index contributed by atoms with van der Waals surface area (Å²) >= 11 is 2.27. The van der Waals surface area contributed by atoms with Gasteiger partial charge in [0.15, 0.2) is 6.29 Å². The number of carbonyl (C=O) groups excluding carboxylic acids is 1. The number of rotatable bonds is 2. The average molecular weight is 309 g/mol. The highest BCUT2D eigenvalue weighted by Gasteiger charge is 2.17. The first-order chi connectivity index (χ1) is 6.33. The molecule has 0 amide bonds. The minimum absolute atomic E-state index is 0.537. The average Bonchev–Trinajstić information content (AvgIpc) is 2.58. The number of aldehydes is 1. The molecule has 70 valence electrons. The fraction of sp³-hybridized carbons (Fsp3) is 0.429. The van der Waals surface area contributed by atoms with E-state index in [0.29, 0.717) is 5.69 Å². The lowest BCUT2D eigenvalue weighted by molar-refractivity contribution is 0.111. The summed E-state index contributed by atoms with van der Waals surface area (Å²) in [6.45, 7) is 2.73. The fourth-order valence-electron chi connectivity index (χ4n) is 1.38. The van der Waals surface area contributed by atoms with Gasteiger partial charge in [-0.2, -0.15) is 5.10 Å². The summed E-state index contributed by atoms with van der Waals surface area (Å²) in [5.41, 5.74) is 1.66. The highest BCUT2D eigenvalue weighted by atomic mass is 127. The zero-order chi connectivity index (χ0) is 9.26. The van der Waals surface area contributed by atoms with E-state index in [-0.39, 0.29) is 0 Å². The maximum atomic E-state index is 10.5. The number of halogens is 1. The van der Waals surface area contributed by atoms with Gasteiger partial charge in [-0.3, -0.25) is 9.48 Å². The van der Waals surface area contributed by atoms with Crippen molar-refractivity contribution in [2.45, 2.75) is 13.1 Å². The van der Waals surface area contributed by atoms with Crippen LogP contribution in [0.1, 0.15) is 16.2 Å². The molecular formula is C7H8IN3OS. The number of aromatic nitrogens is 2. The van der Waals surface area contributed by atoms with Gasteiger partial charge in [0.1, 0.15) is 5.69 Å². The molecule has 0 saturated carbocycles. The molecule has 0 saturated heterocycles. The van der Waals surface area contributed by atoms with E-state index in [1.807, 2.05) is 10.7 Å². The van der Waals surface area contributed by atoms with Crippen LogP contribution < -0.4 is 0 Å². The third-order valence-electron chi connectivity index (χ3n) is 2.00. The van der Waals surface area contributed by atoms with Gasteiger partial charge in [-0.05, 0) is 15.2 Å². The van der Waals surface area contributed by atoms with Crippen molar-refractivity contribution in [3.8, 4) is 0 Å². The molecule has 2 rings (SSSR count). The van der Waals surface area contributed by atoms with Crippen LogP contribution in [0.25, 0.3) is 0 Å². The van der Waals surface area contributed by atoms with E-state index < -0.39 is 0 Å². The van der Waals surface area contributed by atoms with Gasteiger partial charge < -0.3 is 0 Å². The van der Waals surface area contributed by atoms with Gasteiger partial charge in [0.05, 0.1) is 18.8 Å². The molecule has 13 heavy (non-hydrogen) atoms. The van der Waals surface area contributed by atoms with Gasteiger partial charge >= 0.3 is 0 Å².